The van der Waals surface area contributed by atoms with Crippen molar-refractivity contribution >= 4 is 23.5 Å². The van der Waals surface area contributed by atoms with Crippen LogP contribution in [0.3, 0.4) is 0 Å². The van der Waals surface area contributed by atoms with Gasteiger partial charge in [0.2, 0.25) is 5.91 Å². The van der Waals surface area contributed by atoms with Crippen LogP contribution in [0, 0.1) is 12.7 Å². The summed E-state index contributed by atoms with van der Waals surface area (Å²) in [7, 11) is 1.42. The lowest BCUT2D eigenvalue weighted by atomic mass is 10.2. The highest BCUT2D eigenvalue weighted by Gasteiger charge is 2.16. The molecule has 2 rings (SSSR count). The lowest BCUT2D eigenvalue weighted by molar-refractivity contribution is -0.136. The van der Waals surface area contributed by atoms with E-state index in [4.69, 9.17) is 4.74 Å². The smallest absolute Gasteiger partial charge is 0.338 e. The van der Waals surface area contributed by atoms with Crippen LogP contribution >= 0.6 is 0 Å². The number of hydrogen-bond donors (Lipinski definition) is 1. The van der Waals surface area contributed by atoms with Gasteiger partial charge in [-0.1, -0.05) is 23.8 Å². The van der Waals surface area contributed by atoms with Crippen molar-refractivity contribution in [1.82, 2.24) is 4.90 Å². The number of aryl methyl sites for hydroxylation is 1. The Kier molecular flexibility index (Phi) is 6.43. The number of anilines is 1. The zero-order valence-electron chi connectivity index (χ0n) is 14.5. The minimum atomic E-state index is -0.810. The molecule has 0 aliphatic carbocycles. The molecular formula is C19H19FN2O4. The van der Waals surface area contributed by atoms with E-state index in [2.05, 4.69) is 5.32 Å². The fraction of sp³-hybridized carbons (Fsp3) is 0.211. The lowest BCUT2D eigenvalue weighted by Gasteiger charge is -2.17. The first-order valence-corrected chi connectivity index (χ1v) is 7.88. The van der Waals surface area contributed by atoms with Crippen molar-refractivity contribution in [3.05, 3.63) is 65.5 Å². The molecule has 0 aliphatic heterocycles. The molecule has 6 nitrogen and oxygen atoms in total. The Morgan fingerprint density at radius 1 is 1.12 bits per heavy atom. The van der Waals surface area contributed by atoms with Crippen LogP contribution in [0.2, 0.25) is 0 Å². The molecule has 2 aromatic carbocycles. The summed E-state index contributed by atoms with van der Waals surface area (Å²) in [5.41, 5.74) is 1.70. The van der Waals surface area contributed by atoms with Crippen LogP contribution in [0.1, 0.15) is 15.9 Å². The van der Waals surface area contributed by atoms with Gasteiger partial charge >= 0.3 is 5.97 Å². The van der Waals surface area contributed by atoms with Crippen LogP contribution in [0.25, 0.3) is 0 Å². The first kappa shape index (κ1) is 19.1. The number of likely N-dealkylation sites (N-methyl/N-ethyl adjacent to an activating group) is 1. The summed E-state index contributed by atoms with van der Waals surface area (Å²) >= 11 is 0. The van der Waals surface area contributed by atoms with Crippen molar-refractivity contribution in [2.45, 2.75) is 6.92 Å². The average Bonchev–Trinajstić information content (AvgIpc) is 2.61. The number of benzene rings is 2. The molecular weight excluding hydrogens is 339 g/mol. The van der Waals surface area contributed by atoms with Crippen LogP contribution in [-0.2, 0) is 14.3 Å². The van der Waals surface area contributed by atoms with Crippen molar-refractivity contribution in [2.75, 3.05) is 25.5 Å². The Bertz CT molecular complexity index is 805. The number of carbonyl (C=O) groups excluding carboxylic acids is 3. The van der Waals surface area contributed by atoms with Crippen LogP contribution in [0.4, 0.5) is 10.1 Å². The Labute approximate surface area is 150 Å². The van der Waals surface area contributed by atoms with Crippen molar-refractivity contribution in [3.8, 4) is 0 Å². The molecule has 0 radical (unpaired) electrons. The third kappa shape index (κ3) is 5.70. The highest BCUT2D eigenvalue weighted by molar-refractivity contribution is 5.95. The summed E-state index contributed by atoms with van der Waals surface area (Å²) in [6.07, 6.45) is 0. The zero-order valence-corrected chi connectivity index (χ0v) is 14.5. The van der Waals surface area contributed by atoms with Gasteiger partial charge < -0.3 is 15.0 Å². The molecule has 0 atom stereocenters. The van der Waals surface area contributed by atoms with Gasteiger partial charge in [-0.3, -0.25) is 9.59 Å². The Hall–Kier alpha value is -3.22. The average molecular weight is 358 g/mol. The molecule has 0 aromatic heterocycles. The quantitative estimate of drug-likeness (QED) is 0.805. The van der Waals surface area contributed by atoms with Gasteiger partial charge in [0.05, 0.1) is 12.1 Å². The highest BCUT2D eigenvalue weighted by Crippen LogP contribution is 2.08. The molecule has 0 fully saturated rings. The second-order valence-electron chi connectivity index (χ2n) is 5.75. The molecule has 0 saturated carbocycles. The molecule has 0 saturated heterocycles. The Morgan fingerprint density at radius 2 is 1.81 bits per heavy atom. The second kappa shape index (κ2) is 8.75. The maximum absolute atomic E-state index is 13.1. The molecule has 26 heavy (non-hydrogen) atoms. The maximum Gasteiger partial charge on any atom is 0.338 e. The number of halogens is 1. The van der Waals surface area contributed by atoms with E-state index in [1.807, 2.05) is 19.1 Å². The number of amides is 2. The van der Waals surface area contributed by atoms with E-state index in [0.717, 1.165) is 16.5 Å². The third-order valence-corrected chi connectivity index (χ3v) is 3.53. The fourth-order valence-corrected chi connectivity index (χ4v) is 2.08. The molecule has 0 unspecified atom stereocenters. The number of nitrogens with one attached hydrogen (secondary N) is 1. The number of esters is 1. The Morgan fingerprint density at radius 3 is 2.46 bits per heavy atom. The molecule has 0 aliphatic rings. The van der Waals surface area contributed by atoms with E-state index in [-0.39, 0.29) is 18.0 Å². The summed E-state index contributed by atoms with van der Waals surface area (Å²) in [5.74, 6) is -2.30. The van der Waals surface area contributed by atoms with Crippen molar-refractivity contribution in [2.24, 2.45) is 0 Å². The number of carbonyl (C=O) groups is 3. The Balaban J connectivity index is 1.80. The standard InChI is InChI=1S/C19H19FN2O4/c1-13-6-8-16(9-7-13)21-17(23)11-22(2)18(24)12-26-19(25)14-4-3-5-15(20)10-14/h3-10H,11-12H2,1-2H3,(H,21,23). The largest absolute Gasteiger partial charge is 0.452 e. The number of nitrogens with zero attached hydrogens (tertiary/aromatic N) is 1. The van der Waals surface area contributed by atoms with E-state index >= 15 is 0 Å². The SMILES string of the molecule is Cc1ccc(NC(=O)CN(C)C(=O)COC(=O)c2cccc(F)c2)cc1. The van der Waals surface area contributed by atoms with Gasteiger partial charge in [0.1, 0.15) is 5.82 Å². The van der Waals surface area contributed by atoms with Crippen LogP contribution in [-0.4, -0.2) is 42.9 Å². The van der Waals surface area contributed by atoms with E-state index in [0.29, 0.717) is 5.69 Å². The monoisotopic (exact) mass is 358 g/mol. The van der Waals surface area contributed by atoms with Gasteiger partial charge in [-0.2, -0.15) is 0 Å². The van der Waals surface area contributed by atoms with Gasteiger partial charge in [-0.15, -0.1) is 0 Å². The van der Waals surface area contributed by atoms with Crippen LogP contribution in [0.5, 0.6) is 0 Å². The lowest BCUT2D eigenvalue weighted by Crippen LogP contribution is -2.37. The van der Waals surface area contributed by atoms with Crippen LogP contribution < -0.4 is 5.32 Å². The van der Waals surface area contributed by atoms with Crippen molar-refractivity contribution in [1.29, 1.82) is 0 Å². The van der Waals surface area contributed by atoms with E-state index < -0.39 is 24.3 Å². The summed E-state index contributed by atoms with van der Waals surface area (Å²) in [5, 5.41) is 2.67. The van der Waals surface area contributed by atoms with Gasteiger partial charge in [-0.25, -0.2) is 9.18 Å². The third-order valence-electron chi connectivity index (χ3n) is 3.53. The first-order valence-electron chi connectivity index (χ1n) is 7.88. The molecule has 2 aromatic rings. The molecule has 1 N–H and O–H groups in total. The van der Waals surface area contributed by atoms with E-state index in [1.54, 1.807) is 12.1 Å². The second-order valence-corrected chi connectivity index (χ2v) is 5.75. The van der Waals surface area contributed by atoms with Gasteiger partial charge in [0.15, 0.2) is 6.61 Å². The van der Waals surface area contributed by atoms with E-state index in [1.165, 1.54) is 25.2 Å². The zero-order chi connectivity index (χ0) is 19.1. The summed E-state index contributed by atoms with van der Waals surface area (Å²) in [4.78, 5) is 36.8. The summed E-state index contributed by atoms with van der Waals surface area (Å²) < 4.78 is 17.9. The molecule has 0 bridgehead atoms. The molecule has 7 heteroatoms. The normalized spacial score (nSPS) is 10.1. The number of rotatable bonds is 6. The minimum Gasteiger partial charge on any atom is -0.452 e. The molecule has 0 heterocycles. The number of ether oxygens (including phenoxy) is 1. The van der Waals surface area contributed by atoms with Gasteiger partial charge in [0, 0.05) is 12.7 Å². The molecule has 136 valence electrons. The fourth-order valence-electron chi connectivity index (χ4n) is 2.08. The predicted octanol–water partition coefficient (Wildman–Crippen LogP) is 2.39. The first-order chi connectivity index (χ1) is 12.3. The van der Waals surface area contributed by atoms with Gasteiger partial charge in [0.25, 0.3) is 5.91 Å². The number of hydrogen-bond acceptors (Lipinski definition) is 4. The van der Waals surface area contributed by atoms with Crippen LogP contribution in [0.15, 0.2) is 48.5 Å². The highest BCUT2D eigenvalue weighted by atomic mass is 19.1. The van der Waals surface area contributed by atoms with Gasteiger partial charge in [-0.05, 0) is 37.3 Å². The predicted molar refractivity (Wildman–Crippen MR) is 94.1 cm³/mol. The molecule has 0 spiro atoms. The van der Waals surface area contributed by atoms with Crippen molar-refractivity contribution in [3.63, 3.8) is 0 Å². The summed E-state index contributed by atoms with van der Waals surface area (Å²) in [6.45, 7) is 1.21. The minimum absolute atomic E-state index is 0.0116. The van der Waals surface area contributed by atoms with E-state index in [9.17, 15) is 18.8 Å². The molecule has 2 amide bonds. The summed E-state index contributed by atoms with van der Waals surface area (Å²) in [6, 6.07) is 12.2. The topological polar surface area (TPSA) is 75.7 Å². The maximum atomic E-state index is 13.1. The van der Waals surface area contributed by atoms with Crippen molar-refractivity contribution < 1.29 is 23.5 Å².